The third-order valence-electron chi connectivity index (χ3n) is 1.73. The minimum absolute atomic E-state index is 0.134. The van der Waals surface area contributed by atoms with Gasteiger partial charge < -0.3 is 18.9 Å². The van der Waals surface area contributed by atoms with Crippen molar-refractivity contribution >= 4 is 11.9 Å². The van der Waals surface area contributed by atoms with Gasteiger partial charge in [-0.1, -0.05) is 0 Å². The molecule has 0 bridgehead atoms. The standard InChI is InChI=1S/C12H20O6/c1-9(2)16-7-8-17-10(3)18-12(14)6-5-11(13)15-4/h5-6,9-10H,7-8H2,1-4H3/b6-5+. The zero-order valence-corrected chi connectivity index (χ0v) is 11.2. The van der Waals surface area contributed by atoms with E-state index in [1.807, 2.05) is 13.8 Å². The Morgan fingerprint density at radius 1 is 1.00 bits per heavy atom. The van der Waals surface area contributed by atoms with E-state index in [9.17, 15) is 9.59 Å². The monoisotopic (exact) mass is 260 g/mol. The van der Waals surface area contributed by atoms with Crippen molar-refractivity contribution in [2.75, 3.05) is 20.3 Å². The summed E-state index contributed by atoms with van der Waals surface area (Å²) >= 11 is 0. The molecule has 0 saturated heterocycles. The molecule has 104 valence electrons. The van der Waals surface area contributed by atoms with E-state index in [0.717, 1.165) is 12.2 Å². The number of hydrogen-bond acceptors (Lipinski definition) is 6. The van der Waals surface area contributed by atoms with E-state index in [4.69, 9.17) is 14.2 Å². The molecule has 0 aromatic rings. The SMILES string of the molecule is COC(=O)/C=C/C(=O)OC(C)OCCOC(C)C. The molecule has 0 aromatic heterocycles. The van der Waals surface area contributed by atoms with Crippen LogP contribution < -0.4 is 0 Å². The summed E-state index contributed by atoms with van der Waals surface area (Å²) in [5.74, 6) is -1.29. The molecule has 0 aromatic carbocycles. The Morgan fingerprint density at radius 2 is 1.56 bits per heavy atom. The molecule has 0 fully saturated rings. The van der Waals surface area contributed by atoms with Gasteiger partial charge in [-0.15, -0.1) is 0 Å². The number of rotatable bonds is 8. The molecule has 18 heavy (non-hydrogen) atoms. The molecule has 6 nitrogen and oxygen atoms in total. The summed E-state index contributed by atoms with van der Waals surface area (Å²) < 4.78 is 19.6. The number of methoxy groups -OCH3 is 1. The average molecular weight is 260 g/mol. The van der Waals surface area contributed by atoms with E-state index in [2.05, 4.69) is 4.74 Å². The summed E-state index contributed by atoms with van der Waals surface area (Å²) in [5, 5.41) is 0. The van der Waals surface area contributed by atoms with Crippen LogP contribution in [-0.4, -0.2) is 44.7 Å². The van der Waals surface area contributed by atoms with E-state index in [1.54, 1.807) is 6.92 Å². The number of hydrogen-bond donors (Lipinski definition) is 0. The lowest BCUT2D eigenvalue weighted by atomic mass is 10.5. The van der Waals surface area contributed by atoms with Gasteiger partial charge >= 0.3 is 11.9 Å². The van der Waals surface area contributed by atoms with Crippen molar-refractivity contribution < 1.29 is 28.5 Å². The van der Waals surface area contributed by atoms with Crippen LogP contribution in [0.2, 0.25) is 0 Å². The quantitative estimate of drug-likeness (QED) is 0.281. The van der Waals surface area contributed by atoms with Gasteiger partial charge in [-0.25, -0.2) is 9.59 Å². The van der Waals surface area contributed by atoms with Gasteiger partial charge in [-0.3, -0.25) is 0 Å². The minimum Gasteiger partial charge on any atom is -0.466 e. The van der Waals surface area contributed by atoms with Crippen molar-refractivity contribution in [3.63, 3.8) is 0 Å². The van der Waals surface area contributed by atoms with Crippen LogP contribution in [0.3, 0.4) is 0 Å². The molecule has 1 unspecified atom stereocenters. The summed E-state index contributed by atoms with van der Waals surface area (Å²) in [7, 11) is 1.22. The largest absolute Gasteiger partial charge is 0.466 e. The topological polar surface area (TPSA) is 71.1 Å². The molecule has 0 aliphatic rings. The molecule has 0 amide bonds. The maximum atomic E-state index is 11.2. The molecule has 0 saturated carbocycles. The van der Waals surface area contributed by atoms with Crippen molar-refractivity contribution in [3.05, 3.63) is 12.2 Å². The van der Waals surface area contributed by atoms with E-state index in [-0.39, 0.29) is 6.10 Å². The van der Waals surface area contributed by atoms with Crippen LogP contribution in [0.5, 0.6) is 0 Å². The van der Waals surface area contributed by atoms with E-state index < -0.39 is 18.2 Å². The normalized spacial score (nSPS) is 12.7. The van der Waals surface area contributed by atoms with Crippen LogP contribution in [-0.2, 0) is 28.5 Å². The zero-order valence-electron chi connectivity index (χ0n) is 11.2. The predicted octanol–water partition coefficient (Wildman–Crippen LogP) is 1.05. The molecule has 1 atom stereocenters. The highest BCUT2D eigenvalue weighted by Crippen LogP contribution is 1.96. The van der Waals surface area contributed by atoms with Crippen molar-refractivity contribution in [2.45, 2.75) is 33.2 Å². The van der Waals surface area contributed by atoms with Crippen LogP contribution in [0, 0.1) is 0 Å². The van der Waals surface area contributed by atoms with Crippen LogP contribution in [0.15, 0.2) is 12.2 Å². The molecule has 0 aliphatic heterocycles. The van der Waals surface area contributed by atoms with Gasteiger partial charge in [0.15, 0.2) is 0 Å². The van der Waals surface area contributed by atoms with Gasteiger partial charge in [-0.05, 0) is 20.8 Å². The summed E-state index contributed by atoms with van der Waals surface area (Å²) in [6.45, 7) is 6.17. The van der Waals surface area contributed by atoms with E-state index in [0.29, 0.717) is 13.2 Å². The molecule has 0 spiro atoms. The number of carbonyl (C=O) groups is 2. The highest BCUT2D eigenvalue weighted by atomic mass is 16.7. The van der Waals surface area contributed by atoms with Crippen LogP contribution in [0.1, 0.15) is 20.8 Å². The first-order valence-electron chi connectivity index (χ1n) is 5.65. The predicted molar refractivity (Wildman–Crippen MR) is 63.8 cm³/mol. The highest BCUT2D eigenvalue weighted by molar-refractivity contribution is 5.91. The maximum absolute atomic E-state index is 11.2. The molecule has 0 N–H and O–H groups in total. The molecular formula is C12H20O6. The van der Waals surface area contributed by atoms with Crippen molar-refractivity contribution in [2.24, 2.45) is 0 Å². The molecular weight excluding hydrogens is 240 g/mol. The fraction of sp³-hybridized carbons (Fsp3) is 0.667. The molecule has 0 heterocycles. The van der Waals surface area contributed by atoms with Crippen molar-refractivity contribution in [3.8, 4) is 0 Å². The fourth-order valence-corrected chi connectivity index (χ4v) is 0.939. The number of ether oxygens (including phenoxy) is 4. The number of carbonyl (C=O) groups excluding carboxylic acids is 2. The summed E-state index contributed by atoms with van der Waals surface area (Å²) in [6.07, 6.45) is 1.40. The summed E-state index contributed by atoms with van der Waals surface area (Å²) in [6, 6.07) is 0. The lowest BCUT2D eigenvalue weighted by molar-refractivity contribution is -0.172. The Bertz CT molecular complexity index is 284. The molecule has 0 radical (unpaired) electrons. The lowest BCUT2D eigenvalue weighted by Gasteiger charge is -2.13. The summed E-state index contributed by atoms with van der Waals surface area (Å²) in [5.41, 5.74) is 0. The Kier molecular flexibility index (Phi) is 8.86. The molecule has 0 rings (SSSR count). The second kappa shape index (κ2) is 9.61. The first kappa shape index (κ1) is 16.6. The Balaban J connectivity index is 3.74. The second-order valence-electron chi connectivity index (χ2n) is 3.65. The first-order chi connectivity index (χ1) is 8.45. The Morgan fingerprint density at radius 3 is 2.11 bits per heavy atom. The van der Waals surface area contributed by atoms with Gasteiger partial charge in [-0.2, -0.15) is 0 Å². The van der Waals surface area contributed by atoms with Gasteiger partial charge in [0.25, 0.3) is 0 Å². The Hall–Kier alpha value is -1.40. The third kappa shape index (κ3) is 9.80. The van der Waals surface area contributed by atoms with Gasteiger partial charge in [0.05, 0.1) is 26.4 Å². The highest BCUT2D eigenvalue weighted by Gasteiger charge is 2.07. The average Bonchev–Trinajstić information content (AvgIpc) is 2.31. The lowest BCUT2D eigenvalue weighted by Crippen LogP contribution is -2.20. The minimum atomic E-state index is -0.699. The van der Waals surface area contributed by atoms with Crippen molar-refractivity contribution in [1.29, 1.82) is 0 Å². The van der Waals surface area contributed by atoms with Gasteiger partial charge in [0, 0.05) is 12.2 Å². The van der Waals surface area contributed by atoms with Crippen LogP contribution in [0.4, 0.5) is 0 Å². The Labute approximate surface area is 107 Å². The molecule has 6 heteroatoms. The van der Waals surface area contributed by atoms with Gasteiger partial charge in [0.2, 0.25) is 6.29 Å². The van der Waals surface area contributed by atoms with Crippen LogP contribution >= 0.6 is 0 Å². The third-order valence-corrected chi connectivity index (χ3v) is 1.73. The number of esters is 2. The van der Waals surface area contributed by atoms with E-state index in [1.165, 1.54) is 7.11 Å². The fourth-order valence-electron chi connectivity index (χ4n) is 0.939. The second-order valence-corrected chi connectivity index (χ2v) is 3.65. The summed E-state index contributed by atoms with van der Waals surface area (Å²) in [4.78, 5) is 21.9. The van der Waals surface area contributed by atoms with Gasteiger partial charge in [0.1, 0.15) is 0 Å². The zero-order chi connectivity index (χ0) is 14.0. The smallest absolute Gasteiger partial charge is 0.333 e. The first-order valence-corrected chi connectivity index (χ1v) is 5.65. The molecule has 0 aliphatic carbocycles. The maximum Gasteiger partial charge on any atom is 0.333 e. The van der Waals surface area contributed by atoms with Crippen LogP contribution in [0.25, 0.3) is 0 Å². The van der Waals surface area contributed by atoms with Crippen molar-refractivity contribution in [1.82, 2.24) is 0 Å². The van der Waals surface area contributed by atoms with E-state index >= 15 is 0 Å².